The summed E-state index contributed by atoms with van der Waals surface area (Å²) < 4.78 is 11.5. The predicted octanol–water partition coefficient (Wildman–Crippen LogP) is 3.69. The first-order chi connectivity index (χ1) is 12.0. The fourth-order valence-electron chi connectivity index (χ4n) is 2.58. The number of aryl methyl sites for hydroxylation is 2. The Morgan fingerprint density at radius 1 is 1.08 bits per heavy atom. The first-order valence-corrected chi connectivity index (χ1v) is 8.49. The Balaban J connectivity index is 1.75. The van der Waals surface area contributed by atoms with E-state index in [0.717, 1.165) is 15.8 Å². The lowest BCUT2D eigenvalue weighted by molar-refractivity contribution is 0.0962. The minimum Gasteiger partial charge on any atom is -0.493 e. The van der Waals surface area contributed by atoms with Gasteiger partial charge in [-0.05, 0) is 49.2 Å². The Morgan fingerprint density at radius 2 is 1.84 bits per heavy atom. The molecule has 130 valence electrons. The molecule has 0 aliphatic heterocycles. The maximum absolute atomic E-state index is 12.3. The van der Waals surface area contributed by atoms with Crippen molar-refractivity contribution in [2.24, 2.45) is 0 Å². The third-order valence-electron chi connectivity index (χ3n) is 3.76. The van der Waals surface area contributed by atoms with Crippen molar-refractivity contribution < 1.29 is 14.3 Å². The Bertz CT molecular complexity index is 937. The smallest absolute Gasteiger partial charge is 0.269 e. The van der Waals surface area contributed by atoms with E-state index in [9.17, 15) is 4.79 Å². The van der Waals surface area contributed by atoms with Crippen molar-refractivity contribution in [3.8, 4) is 11.5 Å². The van der Waals surface area contributed by atoms with Crippen LogP contribution in [0.25, 0.3) is 10.2 Å². The number of aromatic nitrogens is 1. The number of hydrogen-bond donors (Lipinski definition) is 2. The van der Waals surface area contributed by atoms with E-state index >= 15 is 0 Å². The lowest BCUT2D eigenvalue weighted by Crippen LogP contribution is -2.29. The number of thiazole rings is 1. The lowest BCUT2D eigenvalue weighted by atomic mass is 10.1. The summed E-state index contributed by atoms with van der Waals surface area (Å²) in [5.41, 5.74) is 9.25. The zero-order chi connectivity index (χ0) is 18.0. The zero-order valence-electron chi connectivity index (χ0n) is 14.5. The summed E-state index contributed by atoms with van der Waals surface area (Å²) in [5, 5.41) is 0.637. The van der Waals surface area contributed by atoms with Gasteiger partial charge in [-0.15, -0.1) is 0 Å². The average Bonchev–Trinajstić information content (AvgIpc) is 3.02. The number of carbonyl (C=O) groups excluding carboxylic acids is 1. The predicted molar refractivity (Wildman–Crippen MR) is 99.7 cm³/mol. The van der Waals surface area contributed by atoms with E-state index in [2.05, 4.69) is 34.9 Å². The van der Waals surface area contributed by atoms with Gasteiger partial charge in [-0.3, -0.25) is 15.6 Å². The van der Waals surface area contributed by atoms with Gasteiger partial charge in [0.15, 0.2) is 11.5 Å². The molecule has 0 fully saturated rings. The molecule has 0 saturated carbocycles. The summed E-state index contributed by atoms with van der Waals surface area (Å²) in [6.45, 7) is 4.08. The van der Waals surface area contributed by atoms with Crippen molar-refractivity contribution in [3.05, 3.63) is 47.0 Å². The first-order valence-electron chi connectivity index (χ1n) is 7.68. The molecule has 3 rings (SSSR count). The van der Waals surface area contributed by atoms with Gasteiger partial charge < -0.3 is 9.47 Å². The van der Waals surface area contributed by atoms with Crippen LogP contribution >= 0.6 is 11.3 Å². The molecule has 0 unspecified atom stereocenters. The highest BCUT2D eigenvalue weighted by Gasteiger charge is 2.12. The number of rotatable bonds is 5. The first kappa shape index (κ1) is 17.0. The van der Waals surface area contributed by atoms with Gasteiger partial charge in [-0.25, -0.2) is 4.98 Å². The summed E-state index contributed by atoms with van der Waals surface area (Å²) >= 11 is 1.49. The topological polar surface area (TPSA) is 72.5 Å². The molecule has 0 radical (unpaired) electrons. The fourth-order valence-corrected chi connectivity index (χ4v) is 3.58. The van der Waals surface area contributed by atoms with Gasteiger partial charge in [0.25, 0.3) is 5.91 Å². The minimum atomic E-state index is -0.284. The van der Waals surface area contributed by atoms with E-state index in [1.807, 2.05) is 6.92 Å². The minimum absolute atomic E-state index is 0.284. The molecule has 1 amide bonds. The number of nitrogens with zero attached hydrogens (tertiary/aromatic N) is 1. The number of methoxy groups -OCH3 is 2. The second-order valence-electron chi connectivity index (χ2n) is 5.60. The summed E-state index contributed by atoms with van der Waals surface area (Å²) in [6, 6.07) is 9.17. The monoisotopic (exact) mass is 357 g/mol. The fraction of sp³-hybridized carbons (Fsp3) is 0.222. The number of carbonyl (C=O) groups is 1. The summed E-state index contributed by atoms with van der Waals surface area (Å²) in [4.78, 5) is 16.9. The molecule has 0 saturated heterocycles. The molecule has 1 aromatic heterocycles. The number of nitrogens with one attached hydrogen (secondary N) is 2. The van der Waals surface area contributed by atoms with Crippen LogP contribution in [0.2, 0.25) is 0 Å². The molecule has 3 aromatic rings. The molecule has 2 N–H and O–H groups in total. The second-order valence-corrected chi connectivity index (χ2v) is 6.63. The molecular weight excluding hydrogens is 338 g/mol. The number of hydrogen-bond acceptors (Lipinski definition) is 6. The molecule has 0 spiro atoms. The zero-order valence-corrected chi connectivity index (χ0v) is 15.3. The van der Waals surface area contributed by atoms with Gasteiger partial charge in [0.1, 0.15) is 0 Å². The lowest BCUT2D eigenvalue weighted by Gasteiger charge is -2.10. The number of hydrazine groups is 1. The van der Waals surface area contributed by atoms with Crippen LogP contribution in [-0.4, -0.2) is 25.1 Å². The van der Waals surface area contributed by atoms with E-state index in [1.54, 1.807) is 25.3 Å². The maximum atomic E-state index is 12.3. The van der Waals surface area contributed by atoms with Crippen molar-refractivity contribution in [2.75, 3.05) is 19.6 Å². The van der Waals surface area contributed by atoms with Crippen LogP contribution in [-0.2, 0) is 0 Å². The van der Waals surface area contributed by atoms with E-state index in [0.29, 0.717) is 22.2 Å². The van der Waals surface area contributed by atoms with E-state index in [-0.39, 0.29) is 5.91 Å². The van der Waals surface area contributed by atoms with Crippen LogP contribution in [0, 0.1) is 13.8 Å². The number of fused-ring (bicyclic) bond motifs is 1. The van der Waals surface area contributed by atoms with E-state index < -0.39 is 0 Å². The van der Waals surface area contributed by atoms with Gasteiger partial charge in [0.05, 0.1) is 24.4 Å². The van der Waals surface area contributed by atoms with Crippen molar-refractivity contribution in [2.45, 2.75) is 13.8 Å². The molecule has 7 heteroatoms. The molecule has 1 heterocycles. The quantitative estimate of drug-likeness (QED) is 0.682. The van der Waals surface area contributed by atoms with Crippen LogP contribution in [0.5, 0.6) is 11.5 Å². The summed E-state index contributed by atoms with van der Waals surface area (Å²) in [6.07, 6.45) is 0. The maximum Gasteiger partial charge on any atom is 0.269 e. The van der Waals surface area contributed by atoms with E-state index in [1.165, 1.54) is 24.0 Å². The molecule has 2 aromatic carbocycles. The van der Waals surface area contributed by atoms with Gasteiger partial charge in [-0.2, -0.15) is 0 Å². The van der Waals surface area contributed by atoms with Crippen LogP contribution < -0.4 is 20.3 Å². The van der Waals surface area contributed by atoms with Gasteiger partial charge >= 0.3 is 0 Å². The Labute approximate surface area is 149 Å². The van der Waals surface area contributed by atoms with Crippen molar-refractivity contribution in [1.29, 1.82) is 0 Å². The van der Waals surface area contributed by atoms with Crippen molar-refractivity contribution >= 4 is 32.6 Å². The average molecular weight is 357 g/mol. The summed E-state index contributed by atoms with van der Waals surface area (Å²) in [7, 11) is 3.08. The van der Waals surface area contributed by atoms with Gasteiger partial charge in [0.2, 0.25) is 5.13 Å². The normalized spacial score (nSPS) is 10.6. The van der Waals surface area contributed by atoms with E-state index in [4.69, 9.17) is 9.47 Å². The van der Waals surface area contributed by atoms with Crippen LogP contribution in [0.4, 0.5) is 5.13 Å². The molecule has 0 aliphatic carbocycles. The molecule has 0 bridgehead atoms. The van der Waals surface area contributed by atoms with Crippen LogP contribution in [0.3, 0.4) is 0 Å². The highest BCUT2D eigenvalue weighted by molar-refractivity contribution is 7.22. The largest absolute Gasteiger partial charge is 0.493 e. The molecule has 0 aliphatic rings. The summed E-state index contributed by atoms with van der Waals surface area (Å²) in [5.74, 6) is 0.790. The van der Waals surface area contributed by atoms with Crippen LogP contribution in [0.1, 0.15) is 21.5 Å². The highest BCUT2D eigenvalue weighted by atomic mass is 32.1. The Hall–Kier alpha value is -2.80. The highest BCUT2D eigenvalue weighted by Crippen LogP contribution is 2.29. The van der Waals surface area contributed by atoms with Crippen molar-refractivity contribution in [1.82, 2.24) is 10.4 Å². The Morgan fingerprint density at radius 3 is 2.56 bits per heavy atom. The van der Waals surface area contributed by atoms with Gasteiger partial charge in [0, 0.05) is 5.56 Å². The number of anilines is 1. The van der Waals surface area contributed by atoms with Crippen molar-refractivity contribution in [3.63, 3.8) is 0 Å². The standard InChI is InChI=1S/C18H19N3O3S/c1-10-7-11(2)16-15(8-10)25-18(19-16)21-20-17(22)12-5-6-13(23-3)14(9-12)24-4/h5-9H,1-4H3,(H,19,21)(H,20,22). The third kappa shape index (κ3) is 3.51. The second kappa shape index (κ2) is 6.98. The number of amides is 1. The van der Waals surface area contributed by atoms with Crippen LogP contribution in [0.15, 0.2) is 30.3 Å². The number of ether oxygens (including phenoxy) is 2. The molecule has 25 heavy (non-hydrogen) atoms. The van der Waals surface area contributed by atoms with Gasteiger partial charge in [-0.1, -0.05) is 17.4 Å². The number of benzene rings is 2. The molecule has 6 nitrogen and oxygen atoms in total. The molecule has 0 atom stereocenters. The Kier molecular flexibility index (Phi) is 4.76. The SMILES string of the molecule is COc1ccc(C(=O)NNc2nc3c(C)cc(C)cc3s2)cc1OC. The molecular formula is C18H19N3O3S. The third-order valence-corrected chi connectivity index (χ3v) is 4.68.